The molecule has 0 aromatic carbocycles. The Morgan fingerprint density at radius 1 is 1.00 bits per heavy atom. The quantitative estimate of drug-likeness (QED) is 0.251. The number of nitrogens with zero attached hydrogens (tertiary/aromatic N) is 8. The average molecular weight is 659 g/mol. The van der Waals surface area contributed by atoms with Crippen LogP contribution in [0.25, 0.3) is 22.3 Å². The molecule has 2 unspecified atom stereocenters. The third kappa shape index (κ3) is 5.10. The van der Waals surface area contributed by atoms with Gasteiger partial charge < -0.3 is 38.4 Å². The fourth-order valence-electron chi connectivity index (χ4n) is 5.63. The van der Waals surface area contributed by atoms with Crippen LogP contribution in [0.2, 0.25) is 0 Å². The van der Waals surface area contributed by atoms with Crippen LogP contribution >= 0.6 is 14.5 Å². The molecule has 4 aromatic rings. The molecular weight excluding hydrogens is 635 g/mol. The van der Waals surface area contributed by atoms with E-state index < -0.39 is 64.0 Å². The SMILES string of the molecule is Cn1cnc2c(ncn2[C@@H]2C[C@H]3C[C@H]2OP(O)(=S)OC[C@H]2O[C@@H](n4cnc5c(N)ncnc54)[C@H](F)[C@@H]2OP(=O)(O)O3)c1=O. The molecular formula is C21H24FN9O9P2S. The van der Waals surface area contributed by atoms with E-state index in [4.69, 9.17) is 40.4 Å². The lowest BCUT2D eigenvalue weighted by molar-refractivity contribution is -0.0475. The summed E-state index contributed by atoms with van der Waals surface area (Å²) in [5.41, 5.74) is 6.13. The highest BCUT2D eigenvalue weighted by atomic mass is 32.5. The Bertz CT molecular complexity index is 1890. The van der Waals surface area contributed by atoms with Gasteiger partial charge in [0.2, 0.25) is 0 Å². The molecule has 22 heteroatoms. The zero-order valence-corrected chi connectivity index (χ0v) is 24.7. The molecule has 4 N–H and O–H groups in total. The molecule has 3 fully saturated rings. The van der Waals surface area contributed by atoms with Gasteiger partial charge in [-0.1, -0.05) is 0 Å². The van der Waals surface area contributed by atoms with Crippen LogP contribution in [-0.4, -0.2) is 85.6 Å². The van der Waals surface area contributed by atoms with Gasteiger partial charge in [0.05, 0.1) is 43.8 Å². The number of fused-ring (bicyclic) bond motifs is 5. The van der Waals surface area contributed by atoms with Crippen LogP contribution in [0, 0.1) is 0 Å². The number of nitrogen functional groups attached to an aromatic ring is 1. The second-order valence-electron chi connectivity index (χ2n) is 10.3. The zero-order chi connectivity index (χ0) is 30.3. The number of phosphoric acid groups is 1. The Hall–Kier alpha value is -2.77. The molecule has 2 aliphatic heterocycles. The first-order valence-electron chi connectivity index (χ1n) is 12.9. The van der Waals surface area contributed by atoms with Gasteiger partial charge in [-0.3, -0.25) is 18.4 Å². The number of aromatic nitrogens is 8. The summed E-state index contributed by atoms with van der Waals surface area (Å²) in [6, 6.07) is -0.688. The normalized spacial score (nSPS) is 36.9. The summed E-state index contributed by atoms with van der Waals surface area (Å²) in [6.45, 7) is -4.58. The molecule has 230 valence electrons. The van der Waals surface area contributed by atoms with E-state index in [9.17, 15) is 19.1 Å². The van der Waals surface area contributed by atoms with Crippen molar-refractivity contribution in [3.63, 3.8) is 0 Å². The van der Waals surface area contributed by atoms with Crippen molar-refractivity contribution in [3.8, 4) is 0 Å². The van der Waals surface area contributed by atoms with Crippen molar-refractivity contribution < 1.29 is 41.6 Å². The number of imidazole rings is 2. The molecule has 0 radical (unpaired) electrons. The maximum absolute atomic E-state index is 16.0. The molecule has 9 atom stereocenters. The van der Waals surface area contributed by atoms with Crippen LogP contribution in [0.3, 0.4) is 0 Å². The van der Waals surface area contributed by atoms with E-state index in [0.717, 1.165) is 0 Å². The molecule has 2 saturated heterocycles. The van der Waals surface area contributed by atoms with Crippen LogP contribution in [0.1, 0.15) is 25.1 Å². The van der Waals surface area contributed by atoms with Crippen molar-refractivity contribution >= 4 is 54.5 Å². The van der Waals surface area contributed by atoms with E-state index in [-0.39, 0.29) is 46.5 Å². The third-order valence-corrected chi connectivity index (χ3v) is 10.2. The summed E-state index contributed by atoms with van der Waals surface area (Å²) >= 11 is 5.27. The summed E-state index contributed by atoms with van der Waals surface area (Å²) in [7, 11) is -3.39. The van der Waals surface area contributed by atoms with E-state index in [0.29, 0.717) is 0 Å². The first-order valence-corrected chi connectivity index (χ1v) is 17.0. The number of phosphoric ester groups is 1. The van der Waals surface area contributed by atoms with E-state index in [1.807, 2.05) is 0 Å². The summed E-state index contributed by atoms with van der Waals surface area (Å²) in [4.78, 5) is 54.8. The molecule has 1 aliphatic carbocycles. The average Bonchev–Trinajstić information content (AvgIpc) is 3.70. The molecule has 0 spiro atoms. The number of rotatable bonds is 2. The Morgan fingerprint density at radius 3 is 2.56 bits per heavy atom. The topological polar surface area (TPSA) is 226 Å². The fourth-order valence-corrected chi connectivity index (χ4v) is 8.27. The number of ether oxygens (including phenoxy) is 1. The van der Waals surface area contributed by atoms with Crippen molar-refractivity contribution in [1.29, 1.82) is 0 Å². The number of hydrogen-bond acceptors (Lipinski definition) is 14. The highest BCUT2D eigenvalue weighted by Gasteiger charge is 2.53. The summed E-state index contributed by atoms with van der Waals surface area (Å²) in [5, 5.41) is 0. The monoisotopic (exact) mass is 659 g/mol. The van der Waals surface area contributed by atoms with Gasteiger partial charge in [-0.15, -0.1) is 0 Å². The second kappa shape index (κ2) is 10.4. The largest absolute Gasteiger partial charge is 0.472 e. The molecule has 3 aliphatic rings. The molecule has 4 aromatic heterocycles. The maximum Gasteiger partial charge on any atom is 0.472 e. The van der Waals surface area contributed by atoms with Gasteiger partial charge in [-0.25, -0.2) is 33.9 Å². The predicted octanol–water partition coefficient (Wildman–Crippen LogP) is 0.625. The van der Waals surface area contributed by atoms with Crippen molar-refractivity contribution in [3.05, 3.63) is 35.7 Å². The van der Waals surface area contributed by atoms with Gasteiger partial charge in [0, 0.05) is 13.5 Å². The van der Waals surface area contributed by atoms with Crippen molar-refractivity contribution in [1.82, 2.24) is 38.6 Å². The molecule has 7 rings (SSSR count). The van der Waals surface area contributed by atoms with Crippen LogP contribution < -0.4 is 11.3 Å². The van der Waals surface area contributed by atoms with Crippen molar-refractivity contribution in [2.45, 2.75) is 55.7 Å². The minimum Gasteiger partial charge on any atom is -0.382 e. The number of halogens is 1. The number of anilines is 1. The number of hydrogen-bond donors (Lipinski definition) is 3. The smallest absolute Gasteiger partial charge is 0.382 e. The Morgan fingerprint density at radius 2 is 1.74 bits per heavy atom. The fraction of sp³-hybridized carbons (Fsp3) is 0.524. The summed E-state index contributed by atoms with van der Waals surface area (Å²) < 4.78 is 61.3. The maximum atomic E-state index is 16.0. The first kappa shape index (κ1) is 29.0. The molecule has 2 bridgehead atoms. The van der Waals surface area contributed by atoms with E-state index in [1.54, 1.807) is 4.57 Å². The minimum absolute atomic E-state index is 0.0279. The van der Waals surface area contributed by atoms with Crippen molar-refractivity contribution in [2.24, 2.45) is 7.05 Å². The zero-order valence-electron chi connectivity index (χ0n) is 22.1. The summed E-state index contributed by atoms with van der Waals surface area (Å²) in [5.74, 6) is 0.0601. The standard InChI is InChI=1S/C21H24FN9O9P2S/c1-29-6-28-19-15(20(29)32)27-7-30(19)10-2-9-3-11(10)39-42(35,43)36-4-12-16(40-41(33,34)38-9)13(22)21(37-12)31-8-26-14-17(23)24-5-25-18(14)31/h5-13,16,21H,2-4H2,1H3,(H,33,34)(H,35,43)(H2,23,24,25)/t9-,10+,11+,12+,13+,16+,21+,42?/m0/s1. The third-order valence-electron chi connectivity index (χ3n) is 7.57. The van der Waals surface area contributed by atoms with Gasteiger partial charge in [0.15, 0.2) is 35.0 Å². The molecule has 0 amide bonds. The van der Waals surface area contributed by atoms with E-state index in [2.05, 4.69) is 24.9 Å². The molecule has 1 saturated carbocycles. The second-order valence-corrected chi connectivity index (χ2v) is 14.4. The van der Waals surface area contributed by atoms with Crippen LogP contribution in [0.4, 0.5) is 10.2 Å². The summed E-state index contributed by atoms with van der Waals surface area (Å²) in [6.07, 6.45) is -3.29. The Kier molecular flexibility index (Phi) is 7.01. The van der Waals surface area contributed by atoms with Crippen LogP contribution in [-0.2, 0) is 46.3 Å². The number of alkyl halides is 1. The minimum atomic E-state index is -4.92. The van der Waals surface area contributed by atoms with Crippen LogP contribution in [0.5, 0.6) is 0 Å². The van der Waals surface area contributed by atoms with Crippen molar-refractivity contribution in [2.75, 3.05) is 12.3 Å². The van der Waals surface area contributed by atoms with Gasteiger partial charge >= 0.3 is 14.5 Å². The lowest BCUT2D eigenvalue weighted by atomic mass is 10.1. The van der Waals surface area contributed by atoms with Gasteiger partial charge in [0.1, 0.15) is 24.1 Å². The highest BCUT2D eigenvalue weighted by Crippen LogP contribution is 2.56. The van der Waals surface area contributed by atoms with Gasteiger partial charge in [-0.05, 0) is 18.2 Å². The number of aryl methyl sites for hydroxylation is 1. The van der Waals surface area contributed by atoms with Gasteiger partial charge in [-0.2, -0.15) is 0 Å². The Labute approximate surface area is 245 Å². The molecule has 43 heavy (non-hydrogen) atoms. The number of nitrogens with two attached hydrogens (primary N) is 1. The Balaban J connectivity index is 1.19. The lowest BCUT2D eigenvalue weighted by Gasteiger charge is -2.28. The van der Waals surface area contributed by atoms with E-state index in [1.165, 1.54) is 41.5 Å². The van der Waals surface area contributed by atoms with E-state index >= 15 is 4.39 Å². The lowest BCUT2D eigenvalue weighted by Crippen LogP contribution is -2.34. The predicted molar refractivity (Wildman–Crippen MR) is 146 cm³/mol. The highest BCUT2D eigenvalue weighted by molar-refractivity contribution is 8.07. The molecule has 6 heterocycles. The molecule has 18 nitrogen and oxygen atoms in total. The van der Waals surface area contributed by atoms with Gasteiger partial charge in [0.25, 0.3) is 5.56 Å². The van der Waals surface area contributed by atoms with Crippen LogP contribution in [0.15, 0.2) is 30.1 Å². The first-order chi connectivity index (χ1) is 20.4.